The molecule has 2 aromatic rings. The van der Waals surface area contributed by atoms with Gasteiger partial charge in [-0.2, -0.15) is 5.10 Å². The van der Waals surface area contributed by atoms with Gasteiger partial charge in [-0.3, -0.25) is 14.3 Å². The lowest BCUT2D eigenvalue weighted by atomic mass is 10.2. The molecule has 0 fully saturated rings. The van der Waals surface area contributed by atoms with Crippen molar-refractivity contribution < 1.29 is 14.0 Å². The Labute approximate surface area is 169 Å². The molecule has 2 rings (SSSR count). The number of anilines is 1. The number of benzene rings is 1. The summed E-state index contributed by atoms with van der Waals surface area (Å²) in [4.78, 5) is 25.6. The molecule has 0 unspecified atom stereocenters. The van der Waals surface area contributed by atoms with E-state index in [2.05, 4.69) is 17.3 Å². The summed E-state index contributed by atoms with van der Waals surface area (Å²) in [5.41, 5.74) is 1.75. The molecule has 0 radical (unpaired) electrons. The van der Waals surface area contributed by atoms with E-state index in [1.807, 2.05) is 6.92 Å². The summed E-state index contributed by atoms with van der Waals surface area (Å²) in [6.45, 7) is 4.47. The van der Waals surface area contributed by atoms with Crippen LogP contribution in [0.3, 0.4) is 0 Å². The molecule has 8 heteroatoms. The topological polar surface area (TPSA) is 67.2 Å². The van der Waals surface area contributed by atoms with Crippen LogP contribution in [0.5, 0.6) is 0 Å². The van der Waals surface area contributed by atoms with Crippen molar-refractivity contribution in [2.24, 2.45) is 0 Å². The van der Waals surface area contributed by atoms with Gasteiger partial charge in [0.15, 0.2) is 0 Å². The molecule has 0 spiro atoms. The molecule has 0 aliphatic carbocycles. The van der Waals surface area contributed by atoms with E-state index >= 15 is 0 Å². The normalized spacial score (nSPS) is 11.0. The van der Waals surface area contributed by atoms with E-state index in [9.17, 15) is 14.0 Å². The molecule has 0 saturated heterocycles. The lowest BCUT2D eigenvalue weighted by Crippen LogP contribution is -2.33. The second-order valence-electron chi connectivity index (χ2n) is 6.45. The molecule has 150 valence electrons. The van der Waals surface area contributed by atoms with Gasteiger partial charge in [0.2, 0.25) is 11.8 Å². The van der Waals surface area contributed by atoms with Gasteiger partial charge in [0.1, 0.15) is 11.0 Å². The van der Waals surface area contributed by atoms with Crippen molar-refractivity contribution in [2.45, 2.75) is 33.2 Å². The zero-order valence-electron chi connectivity index (χ0n) is 16.2. The number of aryl methyl sites for hydroxylation is 2. The number of hydrogen-bond donors (Lipinski definition) is 1. The van der Waals surface area contributed by atoms with Crippen LogP contribution >= 0.6 is 11.6 Å². The Kier molecular flexibility index (Phi) is 7.75. The average Bonchev–Trinajstić information content (AvgIpc) is 2.91. The molecule has 1 N–H and O–H groups in total. The summed E-state index contributed by atoms with van der Waals surface area (Å²) in [7, 11) is 1.51. The third-order valence-electron chi connectivity index (χ3n) is 4.09. The molecule has 6 nitrogen and oxygen atoms in total. The summed E-state index contributed by atoms with van der Waals surface area (Å²) in [6, 6.07) is 5.56. The number of carbonyl (C=O) groups excluding carboxylic acids is 2. The third-order valence-corrected chi connectivity index (χ3v) is 4.49. The van der Waals surface area contributed by atoms with Gasteiger partial charge in [-0.25, -0.2) is 4.39 Å². The Morgan fingerprint density at radius 1 is 1.39 bits per heavy atom. The summed E-state index contributed by atoms with van der Waals surface area (Å²) in [6.07, 6.45) is 4.96. The first-order valence-corrected chi connectivity index (χ1v) is 9.41. The largest absolute Gasteiger partial charge is 0.333 e. The van der Waals surface area contributed by atoms with E-state index in [1.54, 1.807) is 16.8 Å². The van der Waals surface area contributed by atoms with Crippen molar-refractivity contribution in [3.63, 3.8) is 0 Å². The fourth-order valence-corrected chi connectivity index (χ4v) is 2.88. The number of carbonyl (C=O) groups is 2. The van der Waals surface area contributed by atoms with Crippen LogP contribution in [0.4, 0.5) is 10.1 Å². The molecule has 0 aliphatic rings. The zero-order chi connectivity index (χ0) is 20.7. The molecule has 1 aromatic carbocycles. The van der Waals surface area contributed by atoms with Crippen molar-refractivity contribution >= 4 is 35.2 Å². The SMILES string of the molecule is CCCCn1nc(C)c(/C=C/C(=O)N(C)CC(=O)Nc2cccc(F)c2)c1Cl. The first kappa shape index (κ1) is 21.6. The summed E-state index contributed by atoms with van der Waals surface area (Å²) in [5.74, 6) is -1.22. The van der Waals surface area contributed by atoms with Crippen molar-refractivity contribution in [1.82, 2.24) is 14.7 Å². The minimum atomic E-state index is -0.447. The fourth-order valence-electron chi connectivity index (χ4n) is 2.55. The van der Waals surface area contributed by atoms with Gasteiger partial charge in [-0.15, -0.1) is 0 Å². The second-order valence-corrected chi connectivity index (χ2v) is 6.81. The van der Waals surface area contributed by atoms with Crippen LogP contribution in [0.1, 0.15) is 31.0 Å². The predicted octanol–water partition coefficient (Wildman–Crippen LogP) is 3.89. The maximum Gasteiger partial charge on any atom is 0.246 e. The van der Waals surface area contributed by atoms with Crippen LogP contribution in [0.25, 0.3) is 6.08 Å². The molecule has 0 atom stereocenters. The highest BCUT2D eigenvalue weighted by molar-refractivity contribution is 6.31. The first-order chi connectivity index (χ1) is 13.3. The zero-order valence-corrected chi connectivity index (χ0v) is 17.0. The lowest BCUT2D eigenvalue weighted by Gasteiger charge is -2.14. The Balaban J connectivity index is 1.96. The van der Waals surface area contributed by atoms with Crippen LogP contribution in [0.15, 0.2) is 30.3 Å². The quantitative estimate of drug-likeness (QED) is 0.676. The number of likely N-dealkylation sites (N-methyl/N-ethyl adjacent to an activating group) is 1. The number of halogens is 2. The van der Waals surface area contributed by atoms with Crippen LogP contribution in [0.2, 0.25) is 5.15 Å². The van der Waals surface area contributed by atoms with Crippen LogP contribution < -0.4 is 5.32 Å². The van der Waals surface area contributed by atoms with Crippen LogP contribution in [0, 0.1) is 12.7 Å². The van der Waals surface area contributed by atoms with Gasteiger partial charge in [-0.1, -0.05) is 31.0 Å². The minimum absolute atomic E-state index is 0.165. The molecule has 0 bridgehead atoms. The Hall–Kier alpha value is -2.67. The molecule has 1 heterocycles. The van der Waals surface area contributed by atoms with Gasteiger partial charge < -0.3 is 10.2 Å². The van der Waals surface area contributed by atoms with E-state index in [0.717, 1.165) is 25.1 Å². The predicted molar refractivity (Wildman–Crippen MR) is 109 cm³/mol. The number of aromatic nitrogens is 2. The van der Waals surface area contributed by atoms with Gasteiger partial charge in [0.25, 0.3) is 0 Å². The number of unbranched alkanes of at least 4 members (excludes halogenated alkanes) is 1. The lowest BCUT2D eigenvalue weighted by molar-refractivity contribution is -0.129. The molecule has 0 saturated carbocycles. The van der Waals surface area contributed by atoms with E-state index in [1.165, 1.54) is 36.2 Å². The summed E-state index contributed by atoms with van der Waals surface area (Å²) in [5, 5.41) is 7.43. The number of rotatable bonds is 8. The van der Waals surface area contributed by atoms with Crippen molar-refractivity contribution in [1.29, 1.82) is 0 Å². The van der Waals surface area contributed by atoms with Crippen LogP contribution in [-0.4, -0.2) is 40.1 Å². The molecular weight excluding hydrogens is 383 g/mol. The molecule has 1 aromatic heterocycles. The number of amides is 2. The first-order valence-electron chi connectivity index (χ1n) is 9.03. The van der Waals surface area contributed by atoms with Crippen molar-refractivity contribution in [3.05, 3.63) is 52.6 Å². The average molecular weight is 407 g/mol. The Morgan fingerprint density at radius 2 is 2.14 bits per heavy atom. The fraction of sp³-hybridized carbons (Fsp3) is 0.350. The highest BCUT2D eigenvalue weighted by Gasteiger charge is 2.14. The number of hydrogen-bond acceptors (Lipinski definition) is 3. The number of nitrogens with zero attached hydrogens (tertiary/aromatic N) is 3. The summed E-state index contributed by atoms with van der Waals surface area (Å²) < 4.78 is 14.9. The highest BCUT2D eigenvalue weighted by Crippen LogP contribution is 2.21. The van der Waals surface area contributed by atoms with Crippen molar-refractivity contribution in [3.8, 4) is 0 Å². The van der Waals surface area contributed by atoms with Crippen LogP contribution in [-0.2, 0) is 16.1 Å². The maximum atomic E-state index is 13.2. The molecular formula is C20H24ClFN4O2. The van der Waals surface area contributed by atoms with E-state index in [0.29, 0.717) is 16.4 Å². The monoisotopic (exact) mass is 406 g/mol. The highest BCUT2D eigenvalue weighted by atomic mass is 35.5. The Bertz CT molecular complexity index is 879. The standard InChI is InChI=1S/C20H24ClFN4O2/c1-4-5-11-26-20(21)17(14(2)24-26)9-10-19(28)25(3)13-18(27)23-16-8-6-7-15(22)12-16/h6-10,12H,4-5,11,13H2,1-3H3,(H,23,27)/b10-9+. The molecule has 28 heavy (non-hydrogen) atoms. The van der Waals surface area contributed by atoms with Gasteiger partial charge >= 0.3 is 0 Å². The molecule has 2 amide bonds. The third kappa shape index (κ3) is 5.92. The van der Waals surface area contributed by atoms with Crippen molar-refractivity contribution in [2.75, 3.05) is 18.9 Å². The van der Waals surface area contributed by atoms with Gasteiger partial charge in [-0.05, 0) is 37.6 Å². The number of nitrogens with one attached hydrogen (secondary N) is 1. The Morgan fingerprint density at radius 3 is 2.82 bits per heavy atom. The van der Waals surface area contributed by atoms with Gasteiger partial charge in [0.05, 0.1) is 12.2 Å². The van der Waals surface area contributed by atoms with E-state index in [4.69, 9.17) is 11.6 Å². The maximum absolute atomic E-state index is 13.2. The smallest absolute Gasteiger partial charge is 0.246 e. The molecule has 0 aliphatic heterocycles. The van der Waals surface area contributed by atoms with E-state index in [-0.39, 0.29) is 12.5 Å². The minimum Gasteiger partial charge on any atom is -0.333 e. The second kappa shape index (κ2) is 10.0. The van der Waals surface area contributed by atoms with Gasteiger partial charge in [0, 0.05) is 30.9 Å². The summed E-state index contributed by atoms with van der Waals surface area (Å²) >= 11 is 6.35. The van der Waals surface area contributed by atoms with E-state index < -0.39 is 11.7 Å².